The number of hydrogen-bond acceptors (Lipinski definition) is 10. The molecular formula is C49H75N5O9. The van der Waals surface area contributed by atoms with Gasteiger partial charge in [0.2, 0.25) is 23.6 Å². The van der Waals surface area contributed by atoms with Crippen LogP contribution in [0.15, 0.2) is 54.6 Å². The molecule has 1 aliphatic rings. The second-order valence-corrected chi connectivity index (χ2v) is 18.1. The zero-order valence-corrected chi connectivity index (χ0v) is 40.2. The van der Waals surface area contributed by atoms with Gasteiger partial charge in [-0.2, -0.15) is 0 Å². The fraction of sp³-hybridized carbons (Fsp3) is 0.633. The van der Waals surface area contributed by atoms with Crippen LogP contribution in [0.1, 0.15) is 120 Å². The molecule has 4 amide bonds. The number of methoxy groups -OCH3 is 2. The Kier molecular flexibility index (Phi) is 20.4. The summed E-state index contributed by atoms with van der Waals surface area (Å²) in [5.74, 6) is -2.62. The minimum atomic E-state index is -0.843. The molecule has 0 spiro atoms. The van der Waals surface area contributed by atoms with Crippen molar-refractivity contribution in [3.63, 3.8) is 0 Å². The van der Waals surface area contributed by atoms with E-state index in [-0.39, 0.29) is 59.1 Å². The topological polar surface area (TPSA) is 164 Å². The average molecular weight is 878 g/mol. The number of ketones is 1. The fourth-order valence-electron chi connectivity index (χ4n) is 8.97. The Morgan fingerprint density at radius 1 is 0.794 bits per heavy atom. The number of carbonyl (C=O) groups excluding carboxylic acids is 6. The number of hydrogen-bond donors (Lipinski definition) is 2. The number of likely N-dealkylation sites (tertiary alicyclic amines) is 1. The van der Waals surface area contributed by atoms with Crippen molar-refractivity contribution in [1.82, 2.24) is 25.3 Å². The van der Waals surface area contributed by atoms with Crippen LogP contribution in [0.2, 0.25) is 0 Å². The van der Waals surface area contributed by atoms with Gasteiger partial charge in [-0.1, -0.05) is 97.4 Å². The SMILES string of the molecule is CC[C@H](C)C([C@@H](CC(=O)N1CCCC1C(OC)[C@@H](C)C(=O)NC(C)C(OC(=O)c1ccc(C(C)=O)cc1)c1ccccc1)OC)N(C)C(=O)[C@@H](NC(=O)C(C(C)C)N(C)C)C(C)C. The molecule has 14 heteroatoms. The molecule has 2 aromatic carbocycles. The summed E-state index contributed by atoms with van der Waals surface area (Å²) in [6, 6.07) is 12.6. The van der Waals surface area contributed by atoms with Crippen LogP contribution >= 0.6 is 0 Å². The van der Waals surface area contributed by atoms with E-state index in [2.05, 4.69) is 10.6 Å². The van der Waals surface area contributed by atoms with E-state index in [1.165, 1.54) is 14.0 Å². The lowest BCUT2D eigenvalue weighted by Gasteiger charge is -2.41. The van der Waals surface area contributed by atoms with E-state index in [1.54, 1.807) is 62.1 Å². The lowest BCUT2D eigenvalue weighted by atomic mass is 9.89. The Balaban J connectivity index is 1.80. The normalized spacial score (nSPS) is 18.4. The van der Waals surface area contributed by atoms with Crippen LogP contribution in [0.4, 0.5) is 0 Å². The van der Waals surface area contributed by atoms with Crippen molar-refractivity contribution >= 4 is 35.4 Å². The molecule has 14 nitrogen and oxygen atoms in total. The Bertz CT molecular complexity index is 1810. The van der Waals surface area contributed by atoms with Crippen LogP contribution in [0.5, 0.6) is 0 Å². The van der Waals surface area contributed by atoms with Gasteiger partial charge in [0, 0.05) is 33.4 Å². The molecule has 2 aromatic rings. The number of benzene rings is 2. The second-order valence-electron chi connectivity index (χ2n) is 18.1. The highest BCUT2D eigenvalue weighted by Crippen LogP contribution is 2.31. The minimum absolute atomic E-state index is 0.00989. The summed E-state index contributed by atoms with van der Waals surface area (Å²) >= 11 is 0. The van der Waals surface area contributed by atoms with E-state index in [0.717, 1.165) is 0 Å². The maximum absolute atomic E-state index is 14.4. The van der Waals surface area contributed by atoms with Gasteiger partial charge in [0.1, 0.15) is 12.1 Å². The van der Waals surface area contributed by atoms with Crippen molar-refractivity contribution in [2.75, 3.05) is 41.9 Å². The zero-order valence-electron chi connectivity index (χ0n) is 40.2. The molecular weight excluding hydrogens is 803 g/mol. The van der Waals surface area contributed by atoms with E-state index in [4.69, 9.17) is 14.2 Å². The van der Waals surface area contributed by atoms with Crippen molar-refractivity contribution < 1.29 is 43.0 Å². The summed E-state index contributed by atoms with van der Waals surface area (Å²) in [7, 11) is 8.51. The van der Waals surface area contributed by atoms with E-state index in [0.29, 0.717) is 36.9 Å². The molecule has 0 saturated carbocycles. The van der Waals surface area contributed by atoms with E-state index in [9.17, 15) is 28.8 Å². The van der Waals surface area contributed by atoms with Gasteiger partial charge in [-0.15, -0.1) is 0 Å². The van der Waals surface area contributed by atoms with Crippen molar-refractivity contribution in [3.8, 4) is 0 Å². The molecule has 0 aliphatic carbocycles. The largest absolute Gasteiger partial charge is 0.452 e. The molecule has 3 rings (SSSR count). The van der Waals surface area contributed by atoms with Crippen molar-refractivity contribution in [1.29, 1.82) is 0 Å². The maximum Gasteiger partial charge on any atom is 0.338 e. The van der Waals surface area contributed by atoms with Gasteiger partial charge in [-0.05, 0) is 76.2 Å². The number of nitrogens with one attached hydrogen (secondary N) is 2. The molecule has 63 heavy (non-hydrogen) atoms. The summed E-state index contributed by atoms with van der Waals surface area (Å²) in [4.78, 5) is 86.7. The third kappa shape index (κ3) is 13.7. The molecule has 0 radical (unpaired) electrons. The molecule has 1 fully saturated rings. The molecule has 350 valence electrons. The first-order valence-corrected chi connectivity index (χ1v) is 22.5. The Hall–Kier alpha value is -4.66. The van der Waals surface area contributed by atoms with Crippen LogP contribution < -0.4 is 10.6 Å². The van der Waals surface area contributed by atoms with Gasteiger partial charge in [-0.3, -0.25) is 28.9 Å². The van der Waals surface area contributed by atoms with E-state index >= 15 is 0 Å². The van der Waals surface area contributed by atoms with Gasteiger partial charge in [-0.25, -0.2) is 4.79 Å². The molecule has 0 bridgehead atoms. The number of Topliss-reactive ketones (excluding diaryl/α,β-unsaturated/α-hetero) is 1. The lowest BCUT2D eigenvalue weighted by molar-refractivity contribution is -0.148. The van der Waals surface area contributed by atoms with Gasteiger partial charge in [0.25, 0.3) is 0 Å². The monoisotopic (exact) mass is 878 g/mol. The Morgan fingerprint density at radius 3 is 1.90 bits per heavy atom. The van der Waals surface area contributed by atoms with Crippen LogP contribution in [-0.4, -0.2) is 134 Å². The molecule has 10 atom stereocenters. The molecule has 2 N–H and O–H groups in total. The highest BCUT2D eigenvalue weighted by molar-refractivity contribution is 5.96. The average Bonchev–Trinajstić information content (AvgIpc) is 3.73. The maximum atomic E-state index is 14.4. The fourth-order valence-corrected chi connectivity index (χ4v) is 8.97. The first-order chi connectivity index (χ1) is 29.7. The number of ether oxygens (including phenoxy) is 3. The minimum Gasteiger partial charge on any atom is -0.452 e. The molecule has 6 unspecified atom stereocenters. The Labute approximate surface area is 376 Å². The summed E-state index contributed by atoms with van der Waals surface area (Å²) in [5.41, 5.74) is 1.43. The first kappa shape index (κ1) is 52.7. The first-order valence-electron chi connectivity index (χ1n) is 22.5. The second kappa shape index (κ2) is 24.4. The van der Waals surface area contributed by atoms with Crippen molar-refractivity contribution in [2.24, 2.45) is 23.7 Å². The highest BCUT2D eigenvalue weighted by atomic mass is 16.5. The summed E-state index contributed by atoms with van der Waals surface area (Å²) in [6.45, 7) is 17.3. The number of carbonyl (C=O) groups is 6. The molecule has 0 aromatic heterocycles. The van der Waals surface area contributed by atoms with Crippen LogP contribution in [0, 0.1) is 23.7 Å². The van der Waals surface area contributed by atoms with Gasteiger partial charge >= 0.3 is 5.97 Å². The van der Waals surface area contributed by atoms with E-state index < -0.39 is 60.4 Å². The smallest absolute Gasteiger partial charge is 0.338 e. The summed E-state index contributed by atoms with van der Waals surface area (Å²) in [5, 5.41) is 6.09. The third-order valence-electron chi connectivity index (χ3n) is 12.7. The molecule has 1 heterocycles. The van der Waals surface area contributed by atoms with Crippen molar-refractivity contribution in [2.45, 2.75) is 137 Å². The highest BCUT2D eigenvalue weighted by Gasteiger charge is 2.43. The van der Waals surface area contributed by atoms with Crippen molar-refractivity contribution in [3.05, 3.63) is 71.3 Å². The summed E-state index contributed by atoms with van der Waals surface area (Å²) < 4.78 is 18.1. The molecule has 1 aliphatic heterocycles. The van der Waals surface area contributed by atoms with Gasteiger partial charge in [0.15, 0.2) is 5.78 Å². The number of esters is 1. The predicted molar refractivity (Wildman–Crippen MR) is 244 cm³/mol. The number of amides is 4. The van der Waals surface area contributed by atoms with Gasteiger partial charge < -0.3 is 34.6 Å². The number of nitrogens with zero attached hydrogens (tertiary/aromatic N) is 3. The van der Waals surface area contributed by atoms with Crippen LogP contribution in [0.3, 0.4) is 0 Å². The lowest BCUT2D eigenvalue weighted by Crippen LogP contribution is -2.59. The standard InChI is InChI=1S/C49H75N5O9/c1-15-31(6)43(53(12)48(59)41(29(2)3)51-47(58)42(30(4)5)52(10)11)39(61-13)28-40(56)54-27-19-22-38(54)44(62-14)32(7)46(57)50-33(8)45(36-20-17-16-18-21-36)63-49(60)37-25-23-35(24-26-37)34(9)55/h16-18,20-21,23-26,29-33,38-39,41-45H,15,19,22,27-28H2,1-14H3,(H,50,57)(H,51,58)/t31-,32+,33?,38?,39+,41-,42?,43?,44?,45?/m0/s1. The summed E-state index contributed by atoms with van der Waals surface area (Å²) in [6.07, 6.45) is -0.131. The van der Waals surface area contributed by atoms with Crippen LogP contribution in [-0.2, 0) is 33.4 Å². The zero-order chi connectivity index (χ0) is 47.3. The number of likely N-dealkylation sites (N-methyl/N-ethyl adjacent to an activating group) is 2. The Morgan fingerprint density at radius 2 is 1.40 bits per heavy atom. The third-order valence-corrected chi connectivity index (χ3v) is 12.7. The quantitative estimate of drug-likeness (QED) is 0.101. The predicted octanol–water partition coefficient (Wildman–Crippen LogP) is 5.94. The van der Waals surface area contributed by atoms with Gasteiger partial charge in [0.05, 0.1) is 54.3 Å². The van der Waals surface area contributed by atoms with E-state index in [1.807, 2.05) is 90.9 Å². The van der Waals surface area contributed by atoms with Crippen LogP contribution in [0.25, 0.3) is 0 Å². The number of rotatable bonds is 23. The molecule has 1 saturated heterocycles.